The minimum atomic E-state index is -2.22. The van der Waals surface area contributed by atoms with E-state index < -0.39 is 52.4 Å². The molecule has 5 rings (SSSR count). The van der Waals surface area contributed by atoms with E-state index in [2.05, 4.69) is 0 Å². The summed E-state index contributed by atoms with van der Waals surface area (Å²) >= 11 is 0. The van der Waals surface area contributed by atoms with Crippen LogP contribution in [0.4, 0.5) is 0 Å². The van der Waals surface area contributed by atoms with Crippen LogP contribution in [-0.2, 0) is 19.1 Å². The van der Waals surface area contributed by atoms with Crippen LogP contribution in [-0.4, -0.2) is 64.1 Å². The fraction of sp³-hybridized carbons (Fsp3) is 0.531. The van der Waals surface area contributed by atoms with Crippen LogP contribution in [0, 0.1) is 34.5 Å². The number of ketones is 1. The zero-order valence-corrected chi connectivity index (χ0v) is 23.6. The minimum Gasteiger partial charge on any atom is -0.461 e. The number of hydrogen-bond donors (Lipinski definition) is 3. The molecule has 3 N–H and O–H groups in total. The van der Waals surface area contributed by atoms with Crippen LogP contribution in [0.25, 0.3) is 0 Å². The molecule has 2 bridgehead atoms. The largest absolute Gasteiger partial charge is 0.461 e. The molecular weight excluding hydrogens is 512 g/mol. The molecule has 214 valence electrons. The molecule has 4 aliphatic rings. The molecule has 1 aromatic carbocycles. The van der Waals surface area contributed by atoms with Crippen LogP contribution in [0.15, 0.2) is 65.3 Å². The van der Waals surface area contributed by atoms with E-state index in [1.165, 1.54) is 0 Å². The van der Waals surface area contributed by atoms with Crippen molar-refractivity contribution in [2.45, 2.75) is 58.8 Å². The maximum atomic E-state index is 14.5. The Balaban J connectivity index is 1.52. The Bertz CT molecular complexity index is 1330. The first-order valence-corrected chi connectivity index (χ1v) is 13.9. The Morgan fingerprint density at radius 1 is 1.12 bits per heavy atom. The van der Waals surface area contributed by atoms with Crippen LogP contribution in [0.1, 0.15) is 51.4 Å². The molecule has 2 fully saturated rings. The highest BCUT2D eigenvalue weighted by Gasteiger charge is 2.76. The molecule has 40 heavy (non-hydrogen) atoms. The van der Waals surface area contributed by atoms with Crippen LogP contribution in [0.3, 0.4) is 0 Å². The predicted octanol–water partition coefficient (Wildman–Crippen LogP) is 3.17. The second-order valence-corrected chi connectivity index (χ2v) is 12.3. The Morgan fingerprint density at radius 2 is 1.80 bits per heavy atom. The van der Waals surface area contributed by atoms with Crippen molar-refractivity contribution in [3.63, 3.8) is 0 Å². The number of aliphatic hydroxyl groups is 3. The van der Waals surface area contributed by atoms with Crippen LogP contribution in [0.2, 0.25) is 0 Å². The summed E-state index contributed by atoms with van der Waals surface area (Å²) < 4.78 is 11.2. The number of esters is 2. The van der Waals surface area contributed by atoms with E-state index in [9.17, 15) is 29.7 Å². The van der Waals surface area contributed by atoms with Gasteiger partial charge < -0.3 is 24.8 Å². The fourth-order valence-corrected chi connectivity index (χ4v) is 7.71. The molecule has 0 amide bonds. The van der Waals surface area contributed by atoms with Crippen molar-refractivity contribution in [1.82, 2.24) is 0 Å². The smallest absolute Gasteiger partial charge is 0.338 e. The second kappa shape index (κ2) is 9.79. The minimum absolute atomic E-state index is 0.00402. The number of hydrogen-bond acceptors (Lipinski definition) is 8. The number of ether oxygens (including phenoxy) is 2. The summed E-state index contributed by atoms with van der Waals surface area (Å²) in [6.45, 7) is 8.59. The Labute approximate surface area is 234 Å². The van der Waals surface area contributed by atoms with Gasteiger partial charge in [0.15, 0.2) is 5.78 Å². The highest BCUT2D eigenvalue weighted by molar-refractivity contribution is 5.95. The summed E-state index contributed by atoms with van der Waals surface area (Å²) in [7, 11) is 0. The van der Waals surface area contributed by atoms with Crippen molar-refractivity contribution < 1.29 is 39.2 Å². The molecule has 8 heteroatoms. The monoisotopic (exact) mass is 550 g/mol. The summed E-state index contributed by atoms with van der Waals surface area (Å²) in [5.41, 5.74) is -2.85. The third-order valence-electron chi connectivity index (χ3n) is 10.2. The lowest BCUT2D eigenvalue weighted by molar-refractivity contribution is -0.190. The molecule has 9 unspecified atom stereocenters. The fourth-order valence-electron chi connectivity index (χ4n) is 7.71. The average molecular weight is 551 g/mol. The van der Waals surface area contributed by atoms with E-state index in [4.69, 9.17) is 9.47 Å². The molecule has 9 atom stereocenters. The van der Waals surface area contributed by atoms with E-state index in [-0.39, 0.29) is 36.4 Å². The van der Waals surface area contributed by atoms with Gasteiger partial charge in [-0.15, -0.1) is 0 Å². The molecule has 4 aliphatic carbocycles. The highest BCUT2D eigenvalue weighted by Crippen LogP contribution is 2.71. The quantitative estimate of drug-likeness (QED) is 0.280. The molecule has 0 heterocycles. The number of allylic oxidation sites excluding steroid dienone is 2. The van der Waals surface area contributed by atoms with Gasteiger partial charge >= 0.3 is 11.9 Å². The van der Waals surface area contributed by atoms with Gasteiger partial charge in [-0.25, -0.2) is 9.59 Å². The van der Waals surface area contributed by atoms with E-state index in [1.54, 1.807) is 63.3 Å². The van der Waals surface area contributed by atoms with E-state index in [0.29, 0.717) is 23.1 Å². The zero-order valence-electron chi connectivity index (χ0n) is 23.6. The number of benzene rings is 1. The number of fused-ring (bicyclic) bond motifs is 3. The van der Waals surface area contributed by atoms with Crippen molar-refractivity contribution >= 4 is 17.7 Å². The number of Topliss-reactive ketones (excluding diaryl/α,β-unsaturated/α-hetero) is 1. The first-order valence-electron chi connectivity index (χ1n) is 13.9. The molecule has 1 spiro atoms. The van der Waals surface area contributed by atoms with Crippen molar-refractivity contribution in [1.29, 1.82) is 0 Å². The molecule has 0 saturated heterocycles. The lowest BCUT2D eigenvalue weighted by atomic mass is 9.59. The summed E-state index contributed by atoms with van der Waals surface area (Å²) in [4.78, 5) is 39.7. The van der Waals surface area contributed by atoms with Crippen molar-refractivity contribution in [3.05, 3.63) is 70.8 Å². The standard InChI is InChI=1S/C32H38O8/c1-6-17(2)28(36)39-15-21-13-22-24-23(30(24,5)16-40-29(37)20-10-8-7-9-11-20)12-19(4)31(27(22)35)14-18(3)25(33)32(31,38)26(21)34/h6-11,13-14,19,22-26,33-34,38H,12,15-16H2,1-5H3. The van der Waals surface area contributed by atoms with Crippen LogP contribution in [0.5, 0.6) is 0 Å². The summed E-state index contributed by atoms with van der Waals surface area (Å²) in [6.07, 6.45) is 2.29. The summed E-state index contributed by atoms with van der Waals surface area (Å²) in [5, 5.41) is 35.0. The lowest BCUT2D eigenvalue weighted by Gasteiger charge is -2.48. The second-order valence-electron chi connectivity index (χ2n) is 12.3. The Kier molecular flexibility index (Phi) is 6.96. The van der Waals surface area contributed by atoms with E-state index in [0.717, 1.165) is 0 Å². The molecular formula is C32H38O8. The zero-order chi connectivity index (χ0) is 29.2. The van der Waals surface area contributed by atoms with Gasteiger partial charge in [-0.1, -0.05) is 50.3 Å². The SMILES string of the molecule is CC=C(C)C(=O)OCC1=CC2C(=O)C3(C=C(C)C(O)C3(O)C1O)C(C)CC1C2C1(C)COC(=O)c1ccccc1. The molecule has 8 nitrogen and oxygen atoms in total. The van der Waals surface area contributed by atoms with Crippen LogP contribution >= 0.6 is 0 Å². The maximum Gasteiger partial charge on any atom is 0.338 e. The van der Waals surface area contributed by atoms with Gasteiger partial charge in [0.1, 0.15) is 24.4 Å². The Hall–Kier alpha value is -3.07. The molecule has 0 aromatic heterocycles. The topological polar surface area (TPSA) is 130 Å². The third kappa shape index (κ3) is 3.87. The average Bonchev–Trinajstić information content (AvgIpc) is 3.49. The van der Waals surface area contributed by atoms with Crippen molar-refractivity contribution in [2.24, 2.45) is 34.5 Å². The number of carbonyl (C=O) groups is 3. The van der Waals surface area contributed by atoms with Gasteiger partial charge in [-0.2, -0.15) is 0 Å². The molecule has 0 aliphatic heterocycles. The van der Waals surface area contributed by atoms with Crippen molar-refractivity contribution in [2.75, 3.05) is 13.2 Å². The van der Waals surface area contributed by atoms with E-state index >= 15 is 0 Å². The van der Waals surface area contributed by atoms with E-state index in [1.807, 2.05) is 19.9 Å². The lowest BCUT2D eigenvalue weighted by Crippen LogP contribution is -2.65. The van der Waals surface area contributed by atoms with Gasteiger partial charge in [0, 0.05) is 16.9 Å². The molecule has 1 aromatic rings. The summed E-state index contributed by atoms with van der Waals surface area (Å²) in [5.74, 6) is -2.71. The third-order valence-corrected chi connectivity index (χ3v) is 10.2. The maximum absolute atomic E-state index is 14.5. The first kappa shape index (κ1) is 28.5. The number of aliphatic hydroxyl groups excluding tert-OH is 2. The highest BCUT2D eigenvalue weighted by atomic mass is 16.5. The first-order chi connectivity index (χ1) is 18.8. The predicted molar refractivity (Wildman–Crippen MR) is 146 cm³/mol. The molecule has 2 saturated carbocycles. The van der Waals surface area contributed by atoms with Gasteiger partial charge in [0.05, 0.1) is 17.6 Å². The number of carbonyl (C=O) groups excluding carboxylic acids is 3. The van der Waals surface area contributed by atoms with Gasteiger partial charge in [-0.05, 0) is 68.2 Å². The summed E-state index contributed by atoms with van der Waals surface area (Å²) in [6, 6.07) is 8.71. The van der Waals surface area contributed by atoms with Gasteiger partial charge in [0.2, 0.25) is 0 Å². The van der Waals surface area contributed by atoms with Gasteiger partial charge in [0.25, 0.3) is 0 Å². The van der Waals surface area contributed by atoms with Gasteiger partial charge in [-0.3, -0.25) is 4.79 Å². The normalized spacial score (nSPS) is 40.1. The molecule has 0 radical (unpaired) electrons. The van der Waals surface area contributed by atoms with Crippen molar-refractivity contribution in [3.8, 4) is 0 Å². The van der Waals surface area contributed by atoms with Crippen LogP contribution < -0.4 is 0 Å². The Morgan fingerprint density at radius 3 is 2.45 bits per heavy atom. The number of rotatable bonds is 6.